The number of ether oxygens (including phenoxy) is 1. The number of pyridine rings is 1. The number of nitrogens with zero attached hydrogens (tertiary/aromatic N) is 1. The Labute approximate surface area is 109 Å². The largest absolute Gasteiger partial charge is 0.457 e. The molecule has 0 atom stereocenters. The Bertz CT molecular complexity index is 555. The lowest BCUT2D eigenvalue weighted by Gasteiger charge is -2.06. The highest BCUT2D eigenvalue weighted by Gasteiger charge is 2.08. The number of rotatable bonds is 3. The second-order valence-electron chi connectivity index (χ2n) is 3.67. The van der Waals surface area contributed by atoms with Crippen LogP contribution in [0, 0.1) is 0 Å². The number of anilines is 1. The lowest BCUT2D eigenvalue weighted by molar-refractivity contribution is 0.0473. The molecule has 1 aromatic heterocycles. The van der Waals surface area contributed by atoms with E-state index in [4.69, 9.17) is 22.1 Å². The summed E-state index contributed by atoms with van der Waals surface area (Å²) in [6.45, 7) is 0.116. The van der Waals surface area contributed by atoms with Gasteiger partial charge in [0.1, 0.15) is 6.61 Å². The molecule has 0 amide bonds. The smallest absolute Gasteiger partial charge is 0.338 e. The van der Waals surface area contributed by atoms with Crippen molar-refractivity contribution in [2.45, 2.75) is 6.61 Å². The maximum absolute atomic E-state index is 11.7. The number of halogens is 1. The van der Waals surface area contributed by atoms with Gasteiger partial charge in [-0.15, -0.1) is 0 Å². The van der Waals surface area contributed by atoms with Crippen LogP contribution in [0.4, 0.5) is 5.69 Å². The third-order valence-corrected chi connectivity index (χ3v) is 2.70. The van der Waals surface area contributed by atoms with Crippen molar-refractivity contribution < 1.29 is 9.53 Å². The highest BCUT2D eigenvalue weighted by Crippen LogP contribution is 2.15. The fourth-order valence-corrected chi connectivity index (χ4v) is 1.54. The van der Waals surface area contributed by atoms with E-state index in [2.05, 4.69) is 4.98 Å². The van der Waals surface area contributed by atoms with E-state index >= 15 is 0 Å². The van der Waals surface area contributed by atoms with Crippen molar-refractivity contribution in [2.24, 2.45) is 0 Å². The third kappa shape index (κ3) is 2.99. The number of esters is 1. The molecule has 1 aromatic carbocycles. The summed E-state index contributed by atoms with van der Waals surface area (Å²) >= 11 is 5.90. The van der Waals surface area contributed by atoms with Crippen molar-refractivity contribution in [1.82, 2.24) is 4.98 Å². The molecular formula is C13H11ClN2O2. The first-order chi connectivity index (χ1) is 8.66. The van der Waals surface area contributed by atoms with Crippen LogP contribution in [0.15, 0.2) is 42.7 Å². The number of carbonyl (C=O) groups is 1. The highest BCUT2D eigenvalue weighted by atomic mass is 35.5. The van der Waals surface area contributed by atoms with Crippen LogP contribution in [0.3, 0.4) is 0 Å². The molecule has 0 saturated carbocycles. The number of hydrogen-bond donors (Lipinski definition) is 1. The highest BCUT2D eigenvalue weighted by molar-refractivity contribution is 6.31. The lowest BCUT2D eigenvalue weighted by Crippen LogP contribution is -2.05. The van der Waals surface area contributed by atoms with Crippen LogP contribution in [-0.2, 0) is 11.3 Å². The first-order valence-electron chi connectivity index (χ1n) is 5.28. The van der Waals surface area contributed by atoms with Gasteiger partial charge in [-0.3, -0.25) is 4.98 Å². The van der Waals surface area contributed by atoms with E-state index in [-0.39, 0.29) is 6.61 Å². The summed E-state index contributed by atoms with van der Waals surface area (Å²) in [6, 6.07) is 8.24. The minimum Gasteiger partial charge on any atom is -0.457 e. The second-order valence-corrected chi connectivity index (χ2v) is 4.07. The summed E-state index contributed by atoms with van der Waals surface area (Å²) in [5, 5.41) is 0.475. The number of hydrogen-bond acceptors (Lipinski definition) is 4. The molecule has 2 rings (SSSR count). The molecule has 0 radical (unpaired) electrons. The predicted molar refractivity (Wildman–Crippen MR) is 69.2 cm³/mol. The molecule has 92 valence electrons. The average Bonchev–Trinajstić information content (AvgIpc) is 2.38. The summed E-state index contributed by atoms with van der Waals surface area (Å²) in [5.74, 6) is -0.414. The van der Waals surface area contributed by atoms with E-state index in [0.717, 1.165) is 5.56 Å². The summed E-state index contributed by atoms with van der Waals surface area (Å²) in [7, 11) is 0. The Morgan fingerprint density at radius 1 is 1.28 bits per heavy atom. The molecule has 2 aromatic rings. The van der Waals surface area contributed by atoms with Crippen LogP contribution in [0.5, 0.6) is 0 Å². The molecule has 2 N–H and O–H groups in total. The number of nitrogen functional groups attached to an aromatic ring is 1. The van der Waals surface area contributed by atoms with Crippen LogP contribution >= 0.6 is 11.6 Å². The van der Waals surface area contributed by atoms with Crippen LogP contribution in [-0.4, -0.2) is 11.0 Å². The Morgan fingerprint density at radius 3 is 2.67 bits per heavy atom. The monoisotopic (exact) mass is 262 g/mol. The quantitative estimate of drug-likeness (QED) is 0.682. The van der Waals surface area contributed by atoms with Crippen molar-refractivity contribution >= 4 is 23.3 Å². The molecule has 0 unspecified atom stereocenters. The molecule has 0 fully saturated rings. The zero-order valence-corrected chi connectivity index (χ0v) is 10.2. The molecular weight excluding hydrogens is 252 g/mol. The van der Waals surface area contributed by atoms with E-state index in [0.29, 0.717) is 16.3 Å². The van der Waals surface area contributed by atoms with Gasteiger partial charge in [-0.25, -0.2) is 4.79 Å². The van der Waals surface area contributed by atoms with Crippen LogP contribution in [0.2, 0.25) is 5.02 Å². The van der Waals surface area contributed by atoms with Crippen molar-refractivity contribution in [3.05, 3.63) is 58.9 Å². The minimum absolute atomic E-state index is 0.116. The Kier molecular flexibility index (Phi) is 3.79. The Balaban J connectivity index is 2.01. The van der Waals surface area contributed by atoms with Gasteiger partial charge < -0.3 is 10.5 Å². The molecule has 0 aliphatic rings. The summed E-state index contributed by atoms with van der Waals surface area (Å²) < 4.78 is 5.14. The van der Waals surface area contributed by atoms with Crippen molar-refractivity contribution in [3.8, 4) is 0 Å². The van der Waals surface area contributed by atoms with Gasteiger partial charge in [0.2, 0.25) is 0 Å². The predicted octanol–water partition coefficient (Wildman–Crippen LogP) is 2.67. The van der Waals surface area contributed by atoms with Crippen molar-refractivity contribution in [2.75, 3.05) is 5.73 Å². The first-order valence-corrected chi connectivity index (χ1v) is 5.65. The van der Waals surface area contributed by atoms with Gasteiger partial charge in [0.05, 0.1) is 10.6 Å². The van der Waals surface area contributed by atoms with Crippen LogP contribution < -0.4 is 5.73 Å². The van der Waals surface area contributed by atoms with E-state index in [9.17, 15) is 4.79 Å². The summed E-state index contributed by atoms with van der Waals surface area (Å²) in [4.78, 5) is 15.6. The average molecular weight is 263 g/mol. The third-order valence-electron chi connectivity index (χ3n) is 2.36. The molecule has 4 nitrogen and oxygen atoms in total. The fraction of sp³-hybridized carbons (Fsp3) is 0.0769. The van der Waals surface area contributed by atoms with Gasteiger partial charge in [0, 0.05) is 23.6 Å². The molecule has 18 heavy (non-hydrogen) atoms. The number of nitrogens with two attached hydrogens (primary N) is 1. The molecule has 0 saturated heterocycles. The Hall–Kier alpha value is -2.07. The van der Waals surface area contributed by atoms with Gasteiger partial charge >= 0.3 is 5.97 Å². The molecule has 5 heteroatoms. The molecule has 0 aliphatic heterocycles. The molecule has 0 aliphatic carbocycles. The second kappa shape index (κ2) is 5.51. The Morgan fingerprint density at radius 2 is 2.00 bits per heavy atom. The SMILES string of the molecule is Nc1ccc(C(=O)OCc2ccncc2Cl)cc1. The van der Waals surface area contributed by atoms with Gasteiger partial charge in [-0.1, -0.05) is 11.6 Å². The zero-order valence-electron chi connectivity index (χ0n) is 9.47. The lowest BCUT2D eigenvalue weighted by atomic mass is 10.2. The van der Waals surface area contributed by atoms with Crippen molar-refractivity contribution in [3.63, 3.8) is 0 Å². The van der Waals surface area contributed by atoms with Gasteiger partial charge in [0.25, 0.3) is 0 Å². The topological polar surface area (TPSA) is 65.2 Å². The molecule has 0 spiro atoms. The molecule has 0 bridgehead atoms. The normalized spacial score (nSPS) is 10.1. The standard InChI is InChI=1S/C13H11ClN2O2/c14-12-7-16-6-5-10(12)8-18-13(17)9-1-3-11(15)4-2-9/h1-7H,8,15H2. The number of benzene rings is 1. The first kappa shape index (κ1) is 12.4. The van der Waals surface area contributed by atoms with Gasteiger partial charge in [0.15, 0.2) is 0 Å². The van der Waals surface area contributed by atoms with Gasteiger partial charge in [-0.05, 0) is 30.3 Å². The minimum atomic E-state index is -0.414. The summed E-state index contributed by atoms with van der Waals surface area (Å²) in [6.07, 6.45) is 3.10. The van der Waals surface area contributed by atoms with E-state index in [1.54, 1.807) is 36.5 Å². The van der Waals surface area contributed by atoms with Crippen molar-refractivity contribution in [1.29, 1.82) is 0 Å². The zero-order chi connectivity index (χ0) is 13.0. The van der Waals surface area contributed by atoms with Crippen LogP contribution in [0.25, 0.3) is 0 Å². The molecule has 1 heterocycles. The van der Waals surface area contributed by atoms with E-state index in [1.165, 1.54) is 6.20 Å². The van der Waals surface area contributed by atoms with E-state index < -0.39 is 5.97 Å². The van der Waals surface area contributed by atoms with Crippen LogP contribution in [0.1, 0.15) is 15.9 Å². The maximum atomic E-state index is 11.7. The maximum Gasteiger partial charge on any atom is 0.338 e. The van der Waals surface area contributed by atoms with E-state index in [1.807, 2.05) is 0 Å². The number of carbonyl (C=O) groups excluding carboxylic acids is 1. The summed E-state index contributed by atoms with van der Waals surface area (Å²) in [5.41, 5.74) is 7.31. The number of aromatic nitrogens is 1. The fourth-order valence-electron chi connectivity index (χ4n) is 1.37. The van der Waals surface area contributed by atoms with Gasteiger partial charge in [-0.2, -0.15) is 0 Å².